The van der Waals surface area contributed by atoms with Crippen molar-refractivity contribution in [1.29, 1.82) is 0 Å². The quantitative estimate of drug-likeness (QED) is 0.700. The Hall–Kier alpha value is -2.66. The summed E-state index contributed by atoms with van der Waals surface area (Å²) in [5, 5.41) is 3.07. The first-order valence-corrected chi connectivity index (χ1v) is 11.5. The summed E-state index contributed by atoms with van der Waals surface area (Å²) < 4.78 is 0. The Bertz CT molecular complexity index is 891. The highest BCUT2D eigenvalue weighted by atomic mass is 16.2. The number of benzene rings is 2. The summed E-state index contributed by atoms with van der Waals surface area (Å²) in [6.07, 6.45) is 5.21. The lowest BCUT2D eigenvalue weighted by Crippen LogP contribution is -2.47. The normalized spacial score (nSPS) is 19.3. The van der Waals surface area contributed by atoms with Crippen LogP contribution >= 0.6 is 0 Å². The van der Waals surface area contributed by atoms with Gasteiger partial charge in [-0.15, -0.1) is 0 Å². The van der Waals surface area contributed by atoms with Crippen LogP contribution in [0.3, 0.4) is 0 Å². The predicted molar refractivity (Wildman–Crippen MR) is 124 cm³/mol. The number of fused-ring (bicyclic) bond motifs is 1. The largest absolute Gasteiger partial charge is 0.354 e. The molecular weight excluding hydrogens is 386 g/mol. The maximum atomic E-state index is 12.8. The van der Waals surface area contributed by atoms with Crippen molar-refractivity contribution in [3.8, 4) is 0 Å². The number of para-hydroxylation sites is 1. The fourth-order valence-corrected chi connectivity index (χ4v) is 4.98. The molecule has 1 N–H and O–H groups in total. The number of anilines is 1. The molecule has 4 rings (SSSR count). The predicted octanol–water partition coefficient (Wildman–Crippen LogP) is 3.43. The van der Waals surface area contributed by atoms with E-state index >= 15 is 0 Å². The Morgan fingerprint density at radius 2 is 1.71 bits per heavy atom. The summed E-state index contributed by atoms with van der Waals surface area (Å²) in [7, 11) is 0. The second-order valence-corrected chi connectivity index (χ2v) is 8.86. The van der Waals surface area contributed by atoms with Crippen LogP contribution in [-0.2, 0) is 22.4 Å². The average Bonchev–Trinajstić information content (AvgIpc) is 3.18. The first-order valence-electron chi connectivity index (χ1n) is 11.5. The third-order valence-corrected chi connectivity index (χ3v) is 6.64. The van der Waals surface area contributed by atoms with Gasteiger partial charge >= 0.3 is 0 Å². The lowest BCUT2D eigenvalue weighted by Gasteiger charge is -2.32. The maximum absolute atomic E-state index is 12.8. The van der Waals surface area contributed by atoms with Crippen LogP contribution in [0, 0.1) is 5.92 Å². The topological polar surface area (TPSA) is 52.7 Å². The molecule has 1 saturated heterocycles. The van der Waals surface area contributed by atoms with Crippen molar-refractivity contribution in [2.75, 3.05) is 31.1 Å². The van der Waals surface area contributed by atoms with Crippen LogP contribution in [0.1, 0.15) is 37.3 Å². The second-order valence-electron chi connectivity index (χ2n) is 8.86. The highest BCUT2D eigenvalue weighted by Crippen LogP contribution is 2.32. The van der Waals surface area contributed by atoms with Gasteiger partial charge in [-0.3, -0.25) is 14.5 Å². The Kier molecular flexibility index (Phi) is 7.03. The van der Waals surface area contributed by atoms with E-state index in [1.807, 2.05) is 24.3 Å². The Morgan fingerprint density at radius 1 is 1.00 bits per heavy atom. The molecular formula is C26H33N3O2. The lowest BCUT2D eigenvalue weighted by atomic mass is 9.90. The van der Waals surface area contributed by atoms with E-state index in [9.17, 15) is 9.59 Å². The highest BCUT2D eigenvalue weighted by molar-refractivity contribution is 6.02. The molecule has 1 atom stereocenters. The monoisotopic (exact) mass is 419 g/mol. The van der Waals surface area contributed by atoms with Crippen LogP contribution in [0.15, 0.2) is 54.6 Å². The number of rotatable bonds is 7. The molecule has 2 aromatic carbocycles. The minimum atomic E-state index is -0.427. The zero-order valence-electron chi connectivity index (χ0n) is 18.4. The molecule has 1 fully saturated rings. The molecule has 0 aromatic heterocycles. The zero-order valence-corrected chi connectivity index (χ0v) is 18.4. The van der Waals surface area contributed by atoms with Crippen LogP contribution < -0.4 is 10.2 Å². The van der Waals surface area contributed by atoms with E-state index < -0.39 is 6.04 Å². The first kappa shape index (κ1) is 21.6. The fraction of sp³-hybridized carbons (Fsp3) is 0.462. The summed E-state index contributed by atoms with van der Waals surface area (Å²) in [6.45, 7) is 5.48. The smallest absolute Gasteiger partial charge is 0.243 e. The van der Waals surface area contributed by atoms with Crippen molar-refractivity contribution >= 4 is 17.5 Å². The van der Waals surface area contributed by atoms with E-state index in [1.165, 1.54) is 31.7 Å². The molecule has 2 aromatic rings. The molecule has 0 radical (unpaired) electrons. The van der Waals surface area contributed by atoms with E-state index in [-0.39, 0.29) is 11.8 Å². The van der Waals surface area contributed by atoms with Crippen LogP contribution in [-0.4, -0.2) is 48.9 Å². The Labute approximate surface area is 185 Å². The SMILES string of the molecule is CC(=O)N1c2ccccc2CC1C(=O)NCCCN1CCC(Cc2ccccc2)CC1. The highest BCUT2D eigenvalue weighted by Gasteiger charge is 2.36. The van der Waals surface area contributed by atoms with E-state index in [1.54, 1.807) is 4.90 Å². The molecule has 0 bridgehead atoms. The molecule has 2 aliphatic heterocycles. The second kappa shape index (κ2) is 10.1. The summed E-state index contributed by atoms with van der Waals surface area (Å²) >= 11 is 0. The van der Waals surface area contributed by atoms with Crippen molar-refractivity contribution in [2.24, 2.45) is 5.92 Å². The third kappa shape index (κ3) is 5.34. The molecule has 2 aliphatic rings. The van der Waals surface area contributed by atoms with Gasteiger partial charge in [0.15, 0.2) is 0 Å². The van der Waals surface area contributed by atoms with E-state index in [2.05, 4.69) is 40.5 Å². The average molecular weight is 420 g/mol. The van der Waals surface area contributed by atoms with Crippen molar-refractivity contribution in [3.05, 3.63) is 65.7 Å². The van der Waals surface area contributed by atoms with E-state index in [0.717, 1.165) is 43.2 Å². The van der Waals surface area contributed by atoms with E-state index in [4.69, 9.17) is 0 Å². The number of hydrogen-bond donors (Lipinski definition) is 1. The summed E-state index contributed by atoms with van der Waals surface area (Å²) in [5.41, 5.74) is 3.38. The number of nitrogens with zero attached hydrogens (tertiary/aromatic N) is 2. The molecule has 2 amide bonds. The van der Waals surface area contributed by atoms with Crippen molar-refractivity contribution < 1.29 is 9.59 Å². The maximum Gasteiger partial charge on any atom is 0.243 e. The molecule has 31 heavy (non-hydrogen) atoms. The van der Waals surface area contributed by atoms with Gasteiger partial charge in [-0.1, -0.05) is 48.5 Å². The van der Waals surface area contributed by atoms with Gasteiger partial charge in [0.25, 0.3) is 0 Å². The number of carbonyl (C=O) groups excluding carboxylic acids is 2. The van der Waals surface area contributed by atoms with Gasteiger partial charge < -0.3 is 10.2 Å². The minimum Gasteiger partial charge on any atom is -0.354 e. The molecule has 0 aliphatic carbocycles. The number of likely N-dealkylation sites (tertiary alicyclic amines) is 1. The molecule has 0 spiro atoms. The molecule has 2 heterocycles. The number of hydrogen-bond acceptors (Lipinski definition) is 3. The molecule has 164 valence electrons. The van der Waals surface area contributed by atoms with Gasteiger partial charge in [-0.25, -0.2) is 0 Å². The molecule has 1 unspecified atom stereocenters. The van der Waals surface area contributed by atoms with Crippen LogP contribution in [0.2, 0.25) is 0 Å². The molecule has 5 heteroatoms. The van der Waals surface area contributed by atoms with Crippen molar-refractivity contribution in [1.82, 2.24) is 10.2 Å². The first-order chi connectivity index (χ1) is 15.1. The fourth-order valence-electron chi connectivity index (χ4n) is 4.98. The molecule has 5 nitrogen and oxygen atoms in total. The van der Waals surface area contributed by atoms with Gasteiger partial charge in [0, 0.05) is 25.6 Å². The summed E-state index contributed by atoms with van der Waals surface area (Å²) in [6, 6.07) is 18.1. The van der Waals surface area contributed by atoms with Gasteiger partial charge in [-0.2, -0.15) is 0 Å². The van der Waals surface area contributed by atoms with Crippen molar-refractivity contribution in [2.45, 2.75) is 45.1 Å². The number of nitrogens with one attached hydrogen (secondary N) is 1. The van der Waals surface area contributed by atoms with Gasteiger partial charge in [0.1, 0.15) is 6.04 Å². The summed E-state index contributed by atoms with van der Waals surface area (Å²) in [5.74, 6) is 0.649. The van der Waals surface area contributed by atoms with Crippen LogP contribution in [0.4, 0.5) is 5.69 Å². The Morgan fingerprint density at radius 3 is 2.45 bits per heavy atom. The Balaban J connectivity index is 1.17. The van der Waals surface area contributed by atoms with E-state index in [0.29, 0.717) is 13.0 Å². The van der Waals surface area contributed by atoms with Crippen LogP contribution in [0.5, 0.6) is 0 Å². The van der Waals surface area contributed by atoms with Gasteiger partial charge in [0.05, 0.1) is 0 Å². The van der Waals surface area contributed by atoms with Gasteiger partial charge in [0.2, 0.25) is 11.8 Å². The standard InChI is InChI=1S/C26H33N3O2/c1-20(30)29-24-11-6-5-10-23(24)19-25(29)26(31)27-14-7-15-28-16-12-22(13-17-28)18-21-8-3-2-4-9-21/h2-6,8-11,22,25H,7,12-19H2,1H3,(H,27,31). The van der Waals surface area contributed by atoms with Gasteiger partial charge in [-0.05, 0) is 68.4 Å². The summed E-state index contributed by atoms with van der Waals surface area (Å²) in [4.78, 5) is 29.1. The van der Waals surface area contributed by atoms with Crippen molar-refractivity contribution in [3.63, 3.8) is 0 Å². The third-order valence-electron chi connectivity index (χ3n) is 6.64. The number of amides is 2. The number of piperidine rings is 1. The zero-order chi connectivity index (χ0) is 21.6. The minimum absolute atomic E-state index is 0.0482. The molecule has 0 saturated carbocycles. The lowest BCUT2D eigenvalue weighted by molar-refractivity contribution is -0.125. The number of carbonyl (C=O) groups is 2. The van der Waals surface area contributed by atoms with Crippen LogP contribution in [0.25, 0.3) is 0 Å².